The summed E-state index contributed by atoms with van der Waals surface area (Å²) in [6, 6.07) is 17.3. The zero-order chi connectivity index (χ0) is 19.6. The van der Waals surface area contributed by atoms with E-state index in [4.69, 9.17) is 0 Å². The summed E-state index contributed by atoms with van der Waals surface area (Å²) in [5, 5.41) is 14.1. The molecule has 2 atom stereocenters. The largest absolute Gasteiger partial charge is 0.310 e. The first-order valence-electron chi connectivity index (χ1n) is 9.95. The molecule has 2 fully saturated rings. The van der Waals surface area contributed by atoms with Crippen LogP contribution in [0.15, 0.2) is 54.6 Å². The highest BCUT2D eigenvalue weighted by Gasteiger charge is 2.41. The molecule has 4 rings (SSSR count). The Labute approximate surface area is 164 Å². The third-order valence-corrected chi connectivity index (χ3v) is 6.00. The van der Waals surface area contributed by atoms with Gasteiger partial charge in [-0.05, 0) is 30.4 Å². The van der Waals surface area contributed by atoms with Gasteiger partial charge in [-0.3, -0.25) is 15.0 Å². The van der Waals surface area contributed by atoms with Gasteiger partial charge in [-0.2, -0.15) is 0 Å². The second-order valence-electron chi connectivity index (χ2n) is 8.09. The van der Waals surface area contributed by atoms with E-state index >= 15 is 4.39 Å². The van der Waals surface area contributed by atoms with Gasteiger partial charge in [0.05, 0.1) is 4.92 Å². The van der Waals surface area contributed by atoms with Crippen molar-refractivity contribution in [2.75, 3.05) is 19.6 Å². The van der Waals surface area contributed by atoms with E-state index in [2.05, 4.69) is 22.3 Å². The van der Waals surface area contributed by atoms with Crippen molar-refractivity contribution < 1.29 is 9.31 Å². The second-order valence-corrected chi connectivity index (χ2v) is 8.09. The molecule has 0 bridgehead atoms. The van der Waals surface area contributed by atoms with E-state index in [-0.39, 0.29) is 16.7 Å². The molecule has 6 heteroatoms. The predicted octanol–water partition coefficient (Wildman–Crippen LogP) is 4.04. The number of nitro groups is 1. The van der Waals surface area contributed by atoms with Crippen molar-refractivity contribution in [3.8, 4) is 0 Å². The number of benzene rings is 2. The molecule has 1 N–H and O–H groups in total. The number of hydrogen-bond acceptors (Lipinski definition) is 4. The summed E-state index contributed by atoms with van der Waals surface area (Å²) in [6.45, 7) is 2.84. The number of piperidine rings is 1. The van der Waals surface area contributed by atoms with Gasteiger partial charge in [0.1, 0.15) is 5.67 Å². The first kappa shape index (κ1) is 19.0. The lowest BCUT2D eigenvalue weighted by Crippen LogP contribution is -2.47. The molecule has 1 aliphatic heterocycles. The first-order chi connectivity index (χ1) is 13.5. The van der Waals surface area contributed by atoms with E-state index < -0.39 is 5.67 Å². The Hall–Kier alpha value is -2.31. The quantitative estimate of drug-likeness (QED) is 0.579. The summed E-state index contributed by atoms with van der Waals surface area (Å²) in [6.07, 6.45) is 2.08. The SMILES string of the molecule is O=[N+]([O-])c1ccc(C2CC2NCC2(F)CCN(Cc3ccccc3)CC2)cc1. The maximum Gasteiger partial charge on any atom is 0.269 e. The fourth-order valence-corrected chi connectivity index (χ4v) is 4.08. The Morgan fingerprint density at radius 1 is 1.11 bits per heavy atom. The third-order valence-electron chi connectivity index (χ3n) is 6.00. The van der Waals surface area contributed by atoms with E-state index in [0.29, 0.717) is 25.3 Å². The zero-order valence-electron chi connectivity index (χ0n) is 15.9. The van der Waals surface area contributed by atoms with Crippen LogP contribution < -0.4 is 5.32 Å². The number of non-ortho nitro benzene ring substituents is 1. The van der Waals surface area contributed by atoms with Crippen molar-refractivity contribution in [3.05, 3.63) is 75.8 Å². The molecule has 0 amide bonds. The van der Waals surface area contributed by atoms with Crippen molar-refractivity contribution in [1.82, 2.24) is 10.2 Å². The molecule has 2 aromatic carbocycles. The molecule has 0 aromatic heterocycles. The van der Waals surface area contributed by atoms with Crippen LogP contribution >= 0.6 is 0 Å². The predicted molar refractivity (Wildman–Crippen MR) is 107 cm³/mol. The van der Waals surface area contributed by atoms with Crippen molar-refractivity contribution in [2.45, 2.75) is 43.4 Å². The number of nitro benzene ring substituents is 1. The van der Waals surface area contributed by atoms with Crippen LogP contribution in [0, 0.1) is 10.1 Å². The lowest BCUT2D eigenvalue weighted by Gasteiger charge is -2.36. The van der Waals surface area contributed by atoms with Gasteiger partial charge in [0, 0.05) is 50.3 Å². The third kappa shape index (κ3) is 4.56. The molecule has 1 saturated heterocycles. The van der Waals surface area contributed by atoms with Gasteiger partial charge in [-0.25, -0.2) is 4.39 Å². The molecular weight excluding hydrogens is 357 g/mol. The van der Waals surface area contributed by atoms with Crippen LogP contribution in [-0.2, 0) is 6.54 Å². The highest BCUT2D eigenvalue weighted by atomic mass is 19.1. The molecular formula is C22H26FN3O2. The molecule has 28 heavy (non-hydrogen) atoms. The number of nitrogens with zero attached hydrogens (tertiary/aromatic N) is 2. The van der Waals surface area contributed by atoms with E-state index in [0.717, 1.165) is 31.6 Å². The molecule has 1 saturated carbocycles. The average molecular weight is 383 g/mol. The van der Waals surface area contributed by atoms with Crippen LogP contribution in [0.4, 0.5) is 10.1 Å². The fraction of sp³-hybridized carbons (Fsp3) is 0.455. The Morgan fingerprint density at radius 3 is 2.43 bits per heavy atom. The minimum absolute atomic E-state index is 0.110. The Kier molecular flexibility index (Phi) is 5.42. The van der Waals surface area contributed by atoms with Crippen LogP contribution in [0.25, 0.3) is 0 Å². The summed E-state index contributed by atoms with van der Waals surface area (Å²) in [7, 11) is 0. The van der Waals surface area contributed by atoms with Crippen LogP contribution in [-0.4, -0.2) is 41.2 Å². The molecule has 5 nitrogen and oxygen atoms in total. The number of nitrogens with one attached hydrogen (secondary N) is 1. The number of alkyl halides is 1. The zero-order valence-corrected chi connectivity index (χ0v) is 15.9. The van der Waals surface area contributed by atoms with E-state index in [1.807, 2.05) is 30.3 Å². The van der Waals surface area contributed by atoms with Crippen LogP contribution in [0.1, 0.15) is 36.3 Å². The van der Waals surface area contributed by atoms with E-state index in [1.165, 1.54) is 5.56 Å². The highest BCUT2D eigenvalue weighted by Crippen LogP contribution is 2.41. The number of rotatable bonds is 7. The maximum absolute atomic E-state index is 15.2. The van der Waals surface area contributed by atoms with Gasteiger partial charge < -0.3 is 5.32 Å². The molecule has 0 radical (unpaired) electrons. The summed E-state index contributed by atoms with van der Waals surface area (Å²) in [4.78, 5) is 12.7. The second kappa shape index (κ2) is 7.97. The maximum atomic E-state index is 15.2. The van der Waals surface area contributed by atoms with Gasteiger partial charge in [0.2, 0.25) is 0 Å². The number of hydrogen-bond donors (Lipinski definition) is 1. The van der Waals surface area contributed by atoms with Crippen LogP contribution in [0.2, 0.25) is 0 Å². The minimum Gasteiger partial charge on any atom is -0.310 e. The monoisotopic (exact) mass is 383 g/mol. The highest BCUT2D eigenvalue weighted by molar-refractivity contribution is 5.37. The molecule has 148 valence electrons. The van der Waals surface area contributed by atoms with Gasteiger partial charge in [0.15, 0.2) is 0 Å². The standard InChI is InChI=1S/C22H26FN3O2/c23-22(10-12-25(13-11-22)15-17-4-2-1-3-5-17)16-24-21-14-20(21)18-6-8-19(9-7-18)26(27)28/h1-9,20-21,24H,10-16H2. The van der Waals surface area contributed by atoms with Gasteiger partial charge in [-0.15, -0.1) is 0 Å². The van der Waals surface area contributed by atoms with Gasteiger partial charge in [-0.1, -0.05) is 42.5 Å². The Bertz CT molecular complexity index is 804. The first-order valence-corrected chi connectivity index (χ1v) is 9.95. The van der Waals surface area contributed by atoms with Crippen LogP contribution in [0.3, 0.4) is 0 Å². The van der Waals surface area contributed by atoms with Crippen molar-refractivity contribution in [3.63, 3.8) is 0 Å². The van der Waals surface area contributed by atoms with E-state index in [1.54, 1.807) is 12.1 Å². The lowest BCUT2D eigenvalue weighted by atomic mass is 9.93. The average Bonchev–Trinajstić information content (AvgIpc) is 3.49. The molecule has 2 aliphatic rings. The Balaban J connectivity index is 1.22. The van der Waals surface area contributed by atoms with Crippen molar-refractivity contribution >= 4 is 5.69 Å². The molecule has 0 spiro atoms. The molecule has 2 aromatic rings. The van der Waals surface area contributed by atoms with Gasteiger partial charge in [0.25, 0.3) is 5.69 Å². The normalized spacial score (nSPS) is 24.0. The number of likely N-dealkylation sites (tertiary alicyclic amines) is 1. The summed E-state index contributed by atoms with van der Waals surface area (Å²) in [5.41, 5.74) is 1.33. The lowest BCUT2D eigenvalue weighted by molar-refractivity contribution is -0.384. The summed E-state index contributed by atoms with van der Waals surface area (Å²) >= 11 is 0. The smallest absolute Gasteiger partial charge is 0.269 e. The topological polar surface area (TPSA) is 58.4 Å². The molecule has 1 aliphatic carbocycles. The van der Waals surface area contributed by atoms with E-state index in [9.17, 15) is 10.1 Å². The molecule has 2 unspecified atom stereocenters. The minimum atomic E-state index is -1.14. The Morgan fingerprint density at radius 2 is 1.79 bits per heavy atom. The number of halogens is 1. The fourth-order valence-electron chi connectivity index (χ4n) is 4.08. The van der Waals surface area contributed by atoms with Crippen LogP contribution in [0.5, 0.6) is 0 Å². The van der Waals surface area contributed by atoms with Crippen molar-refractivity contribution in [1.29, 1.82) is 0 Å². The summed E-state index contributed by atoms with van der Waals surface area (Å²) < 4.78 is 15.2. The van der Waals surface area contributed by atoms with Gasteiger partial charge >= 0.3 is 0 Å². The van der Waals surface area contributed by atoms with Crippen molar-refractivity contribution in [2.24, 2.45) is 0 Å². The summed E-state index contributed by atoms with van der Waals surface area (Å²) in [5.74, 6) is 0.336. The molecule has 1 heterocycles.